The molecule has 76 valence electrons. The summed E-state index contributed by atoms with van der Waals surface area (Å²) in [5.74, 6) is -0.393. The van der Waals surface area contributed by atoms with Gasteiger partial charge in [-0.2, -0.15) is 0 Å². The smallest absolute Gasteiger partial charge is 0.246 e. The van der Waals surface area contributed by atoms with Crippen LogP contribution >= 0.6 is 0 Å². The molecule has 0 spiro atoms. The topological polar surface area (TPSA) is 64.3 Å². The second-order valence-electron chi connectivity index (χ2n) is 3.52. The van der Waals surface area contributed by atoms with Crippen LogP contribution in [0.4, 0.5) is 0 Å². The average Bonchev–Trinajstić information content (AvgIpc) is 2.15. The lowest BCUT2D eigenvalue weighted by Crippen LogP contribution is -2.40. The Bertz CT molecular complexity index is 167. The highest BCUT2D eigenvalue weighted by Gasteiger charge is 2.15. The van der Waals surface area contributed by atoms with Crippen molar-refractivity contribution >= 4 is 5.91 Å². The molecule has 0 radical (unpaired) electrons. The average molecular weight is 186 g/mol. The lowest BCUT2D eigenvalue weighted by Gasteiger charge is -2.24. The van der Waals surface area contributed by atoms with Crippen molar-refractivity contribution in [3.63, 3.8) is 0 Å². The fourth-order valence-corrected chi connectivity index (χ4v) is 1.41. The molecule has 1 aliphatic heterocycles. The second-order valence-corrected chi connectivity index (χ2v) is 3.52. The predicted molar refractivity (Wildman–Crippen MR) is 50.3 cm³/mol. The van der Waals surface area contributed by atoms with Gasteiger partial charge in [0.2, 0.25) is 5.91 Å². The number of ether oxygens (including phenoxy) is 1. The van der Waals surface area contributed by atoms with Crippen LogP contribution in [0, 0.1) is 0 Å². The number of piperidine rings is 1. The molecule has 0 aliphatic carbocycles. The SMILES string of the molecule is CC(OCC1CCCCN1)C(N)=O. The van der Waals surface area contributed by atoms with E-state index in [0.717, 1.165) is 13.0 Å². The fourth-order valence-electron chi connectivity index (χ4n) is 1.41. The van der Waals surface area contributed by atoms with Gasteiger partial charge in [-0.3, -0.25) is 4.79 Å². The third kappa shape index (κ3) is 3.74. The minimum atomic E-state index is -0.469. The monoisotopic (exact) mass is 186 g/mol. The van der Waals surface area contributed by atoms with Crippen LogP contribution in [-0.4, -0.2) is 31.2 Å². The number of nitrogens with one attached hydrogen (secondary N) is 1. The van der Waals surface area contributed by atoms with Crippen LogP contribution in [0.25, 0.3) is 0 Å². The summed E-state index contributed by atoms with van der Waals surface area (Å²) in [7, 11) is 0. The molecule has 0 saturated carbocycles. The van der Waals surface area contributed by atoms with Crippen molar-refractivity contribution in [2.24, 2.45) is 5.73 Å². The number of rotatable bonds is 4. The lowest BCUT2D eigenvalue weighted by molar-refractivity contribution is -0.128. The molecular formula is C9H18N2O2. The summed E-state index contributed by atoms with van der Waals surface area (Å²) in [5.41, 5.74) is 5.07. The molecular weight excluding hydrogens is 168 g/mol. The number of amides is 1. The molecule has 4 nitrogen and oxygen atoms in total. The first-order chi connectivity index (χ1) is 6.20. The molecule has 1 fully saturated rings. The molecule has 1 aliphatic rings. The number of primary amides is 1. The Morgan fingerprint density at radius 3 is 3.00 bits per heavy atom. The van der Waals surface area contributed by atoms with E-state index in [1.54, 1.807) is 6.92 Å². The van der Waals surface area contributed by atoms with Gasteiger partial charge in [-0.1, -0.05) is 6.42 Å². The first-order valence-electron chi connectivity index (χ1n) is 4.84. The zero-order valence-corrected chi connectivity index (χ0v) is 8.08. The molecule has 0 aromatic carbocycles. The molecule has 0 aromatic rings. The normalized spacial score (nSPS) is 25.5. The van der Waals surface area contributed by atoms with Gasteiger partial charge in [-0.15, -0.1) is 0 Å². The van der Waals surface area contributed by atoms with Gasteiger partial charge >= 0.3 is 0 Å². The van der Waals surface area contributed by atoms with E-state index in [-0.39, 0.29) is 0 Å². The van der Waals surface area contributed by atoms with Gasteiger partial charge in [0.15, 0.2) is 0 Å². The summed E-state index contributed by atoms with van der Waals surface area (Å²) in [6.07, 6.45) is 3.14. The first-order valence-corrected chi connectivity index (χ1v) is 4.84. The van der Waals surface area contributed by atoms with Crippen molar-refractivity contribution in [3.05, 3.63) is 0 Å². The van der Waals surface area contributed by atoms with Gasteiger partial charge in [0.05, 0.1) is 6.61 Å². The van der Waals surface area contributed by atoms with Crippen molar-refractivity contribution in [2.75, 3.05) is 13.2 Å². The summed E-state index contributed by atoms with van der Waals surface area (Å²) in [5, 5.41) is 3.34. The van der Waals surface area contributed by atoms with Crippen molar-refractivity contribution in [3.8, 4) is 0 Å². The van der Waals surface area contributed by atoms with Crippen LogP contribution in [0.15, 0.2) is 0 Å². The van der Waals surface area contributed by atoms with Crippen molar-refractivity contribution < 1.29 is 9.53 Å². The van der Waals surface area contributed by atoms with E-state index >= 15 is 0 Å². The molecule has 1 heterocycles. The Morgan fingerprint density at radius 1 is 1.69 bits per heavy atom. The van der Waals surface area contributed by atoms with E-state index in [1.807, 2.05) is 0 Å². The maximum atomic E-state index is 10.6. The van der Waals surface area contributed by atoms with Crippen LogP contribution in [0.2, 0.25) is 0 Å². The van der Waals surface area contributed by atoms with Gasteiger partial charge in [0.1, 0.15) is 6.10 Å². The highest BCUT2D eigenvalue weighted by Crippen LogP contribution is 2.07. The zero-order chi connectivity index (χ0) is 9.68. The number of hydrogen-bond donors (Lipinski definition) is 2. The predicted octanol–water partition coefficient (Wildman–Crippen LogP) is 0.0189. The minimum Gasteiger partial charge on any atom is -0.367 e. The first kappa shape index (κ1) is 10.5. The van der Waals surface area contributed by atoms with E-state index in [4.69, 9.17) is 10.5 Å². The molecule has 4 heteroatoms. The van der Waals surface area contributed by atoms with Crippen LogP contribution in [-0.2, 0) is 9.53 Å². The molecule has 1 saturated heterocycles. The van der Waals surface area contributed by atoms with Crippen LogP contribution in [0.3, 0.4) is 0 Å². The number of carbonyl (C=O) groups is 1. The van der Waals surface area contributed by atoms with Crippen LogP contribution in [0.5, 0.6) is 0 Å². The van der Waals surface area contributed by atoms with Crippen molar-refractivity contribution in [1.29, 1.82) is 0 Å². The van der Waals surface area contributed by atoms with Gasteiger partial charge in [0, 0.05) is 6.04 Å². The van der Waals surface area contributed by atoms with Gasteiger partial charge in [0.25, 0.3) is 0 Å². The molecule has 0 bridgehead atoms. The molecule has 2 unspecified atom stereocenters. The second kappa shape index (κ2) is 5.19. The Balaban J connectivity index is 2.13. The van der Waals surface area contributed by atoms with Crippen LogP contribution in [0.1, 0.15) is 26.2 Å². The summed E-state index contributed by atoms with van der Waals surface area (Å²) in [6, 6.07) is 0.399. The third-order valence-corrected chi connectivity index (χ3v) is 2.36. The highest BCUT2D eigenvalue weighted by atomic mass is 16.5. The van der Waals surface area contributed by atoms with Crippen molar-refractivity contribution in [2.45, 2.75) is 38.3 Å². The standard InChI is InChI=1S/C9H18N2O2/c1-7(9(10)12)13-6-8-4-2-3-5-11-8/h7-8,11H,2-6H2,1H3,(H2,10,12). The lowest BCUT2D eigenvalue weighted by atomic mass is 10.1. The third-order valence-electron chi connectivity index (χ3n) is 2.36. The summed E-state index contributed by atoms with van der Waals surface area (Å²) in [6.45, 7) is 3.33. The maximum absolute atomic E-state index is 10.6. The fraction of sp³-hybridized carbons (Fsp3) is 0.889. The molecule has 1 amide bonds. The Labute approximate surface area is 78.8 Å². The molecule has 0 aromatic heterocycles. The van der Waals surface area contributed by atoms with Gasteiger partial charge in [-0.05, 0) is 26.3 Å². The van der Waals surface area contributed by atoms with Crippen LogP contribution < -0.4 is 11.1 Å². The largest absolute Gasteiger partial charge is 0.367 e. The number of hydrogen-bond acceptors (Lipinski definition) is 3. The van der Waals surface area contributed by atoms with Gasteiger partial charge in [-0.25, -0.2) is 0 Å². The Hall–Kier alpha value is -0.610. The Kier molecular flexibility index (Phi) is 4.18. The number of carbonyl (C=O) groups excluding carboxylic acids is 1. The van der Waals surface area contributed by atoms with Crippen molar-refractivity contribution in [1.82, 2.24) is 5.32 Å². The Morgan fingerprint density at radius 2 is 2.46 bits per heavy atom. The number of nitrogens with two attached hydrogens (primary N) is 1. The molecule has 13 heavy (non-hydrogen) atoms. The van der Waals surface area contributed by atoms with Gasteiger partial charge < -0.3 is 15.8 Å². The summed E-state index contributed by atoms with van der Waals surface area (Å²) >= 11 is 0. The van der Waals surface area contributed by atoms with E-state index in [9.17, 15) is 4.79 Å². The minimum absolute atomic E-state index is 0.393. The van der Waals surface area contributed by atoms with E-state index in [0.29, 0.717) is 12.6 Å². The molecule has 2 atom stereocenters. The maximum Gasteiger partial charge on any atom is 0.246 e. The zero-order valence-electron chi connectivity index (χ0n) is 8.08. The molecule has 3 N–H and O–H groups in total. The molecule has 1 rings (SSSR count). The van der Waals surface area contributed by atoms with E-state index in [1.165, 1.54) is 12.8 Å². The highest BCUT2D eigenvalue weighted by molar-refractivity contribution is 5.78. The van der Waals surface area contributed by atoms with E-state index in [2.05, 4.69) is 5.32 Å². The van der Waals surface area contributed by atoms with E-state index < -0.39 is 12.0 Å². The summed E-state index contributed by atoms with van der Waals surface area (Å²) in [4.78, 5) is 10.6. The quantitative estimate of drug-likeness (QED) is 0.650. The summed E-state index contributed by atoms with van der Waals surface area (Å²) < 4.78 is 5.31.